The van der Waals surface area contributed by atoms with E-state index >= 15 is 0 Å². The van der Waals surface area contributed by atoms with Crippen molar-refractivity contribution in [1.29, 1.82) is 0 Å². The smallest absolute Gasteiger partial charge is 0.281 e. The number of carbonyl (C=O) groups excluding carboxylic acids is 1. The molecule has 0 radical (unpaired) electrons. The molecule has 76 valence electrons. The fourth-order valence-corrected chi connectivity index (χ4v) is 1.69. The second-order valence-corrected chi connectivity index (χ2v) is 3.44. The highest BCUT2D eigenvalue weighted by atomic mass is 127. The summed E-state index contributed by atoms with van der Waals surface area (Å²) in [7, 11) is 1.35. The minimum absolute atomic E-state index is 0.110. The van der Waals surface area contributed by atoms with Crippen LogP contribution < -0.4 is 4.74 Å². The van der Waals surface area contributed by atoms with E-state index in [9.17, 15) is 13.6 Å². The molecule has 0 aromatic carbocycles. The molecule has 1 rings (SSSR count). The monoisotopic (exact) mass is 313 g/mol. The largest absolute Gasteiger partial charge is 0.494 e. The Morgan fingerprint density at radius 1 is 1.64 bits per heavy atom. The Balaban J connectivity index is 3.34. The highest BCUT2D eigenvalue weighted by Crippen LogP contribution is 2.29. The minimum atomic E-state index is -2.69. The molecule has 1 aromatic rings. The first kappa shape index (κ1) is 11.3. The van der Waals surface area contributed by atoms with Crippen LogP contribution in [0.1, 0.15) is 22.5 Å². The number of methoxy groups -OCH3 is 1. The predicted octanol–water partition coefficient (Wildman–Crippen LogP) is 2.44. The van der Waals surface area contributed by atoms with E-state index in [1.165, 1.54) is 7.11 Å². The summed E-state index contributed by atoms with van der Waals surface area (Å²) in [5.74, 6) is 0.203. The fourth-order valence-electron chi connectivity index (χ4n) is 0.925. The minimum Gasteiger partial charge on any atom is -0.494 e. The van der Waals surface area contributed by atoms with Gasteiger partial charge in [-0.1, -0.05) is 0 Å². The molecular weight excluding hydrogens is 307 g/mol. The first-order valence-corrected chi connectivity index (χ1v) is 4.65. The molecule has 0 saturated heterocycles. The normalized spacial score (nSPS) is 10.4. The fraction of sp³-hybridized carbons (Fsp3) is 0.250. The van der Waals surface area contributed by atoms with Gasteiger partial charge in [0.2, 0.25) is 0 Å². The van der Waals surface area contributed by atoms with Crippen LogP contribution in [0.2, 0.25) is 0 Å². The topological polar surface area (TPSA) is 39.2 Å². The number of hydrogen-bond acceptors (Lipinski definition) is 3. The van der Waals surface area contributed by atoms with E-state index in [1.54, 1.807) is 22.6 Å². The van der Waals surface area contributed by atoms with Crippen LogP contribution >= 0.6 is 22.6 Å². The van der Waals surface area contributed by atoms with E-state index in [0.717, 1.165) is 6.20 Å². The summed E-state index contributed by atoms with van der Waals surface area (Å²) in [6.07, 6.45) is -1.09. The molecule has 0 aliphatic rings. The van der Waals surface area contributed by atoms with Gasteiger partial charge in [0.05, 0.1) is 22.4 Å². The molecule has 0 aliphatic carbocycles. The lowest BCUT2D eigenvalue weighted by atomic mass is 10.2. The average molecular weight is 313 g/mol. The van der Waals surface area contributed by atoms with E-state index in [2.05, 4.69) is 4.98 Å². The van der Waals surface area contributed by atoms with Gasteiger partial charge in [-0.25, -0.2) is 8.78 Å². The quantitative estimate of drug-likeness (QED) is 0.635. The molecule has 6 heteroatoms. The molecule has 0 atom stereocenters. The van der Waals surface area contributed by atoms with Crippen LogP contribution in [0.5, 0.6) is 5.75 Å². The average Bonchev–Trinajstić information content (AvgIpc) is 2.16. The lowest BCUT2D eigenvalue weighted by Gasteiger charge is -2.08. The van der Waals surface area contributed by atoms with Crippen LogP contribution in [-0.2, 0) is 0 Å². The van der Waals surface area contributed by atoms with Gasteiger partial charge in [0.25, 0.3) is 6.43 Å². The van der Waals surface area contributed by atoms with Gasteiger partial charge < -0.3 is 4.74 Å². The Labute approximate surface area is 92.6 Å². The zero-order chi connectivity index (χ0) is 10.7. The maximum Gasteiger partial charge on any atom is 0.281 e. The van der Waals surface area contributed by atoms with E-state index in [0.29, 0.717) is 6.29 Å². The number of hydrogen-bond donors (Lipinski definition) is 0. The van der Waals surface area contributed by atoms with E-state index in [1.807, 2.05) is 0 Å². The molecule has 0 amide bonds. The highest BCUT2D eigenvalue weighted by Gasteiger charge is 2.18. The molecule has 0 fully saturated rings. The maximum absolute atomic E-state index is 12.4. The summed E-state index contributed by atoms with van der Waals surface area (Å²) in [5, 5.41) is 0. The summed E-state index contributed by atoms with van der Waals surface area (Å²) < 4.78 is 29.7. The Morgan fingerprint density at radius 2 is 2.29 bits per heavy atom. The zero-order valence-electron chi connectivity index (χ0n) is 7.13. The summed E-state index contributed by atoms with van der Waals surface area (Å²) in [4.78, 5) is 14.1. The first-order chi connectivity index (χ1) is 6.61. The summed E-state index contributed by atoms with van der Waals surface area (Å²) in [6.45, 7) is 0. The SMILES string of the molecule is COc1cnc(C(F)F)c(I)c1C=O. The van der Waals surface area contributed by atoms with Crippen molar-refractivity contribution in [1.82, 2.24) is 4.98 Å². The van der Waals surface area contributed by atoms with Crippen molar-refractivity contribution in [3.8, 4) is 5.75 Å². The number of aromatic nitrogens is 1. The van der Waals surface area contributed by atoms with Gasteiger partial charge in [0.15, 0.2) is 6.29 Å². The lowest BCUT2D eigenvalue weighted by molar-refractivity contribution is 0.111. The summed E-state index contributed by atoms with van der Waals surface area (Å²) >= 11 is 1.65. The summed E-state index contributed by atoms with van der Waals surface area (Å²) in [6, 6.07) is 0. The van der Waals surface area contributed by atoms with E-state index in [-0.39, 0.29) is 14.9 Å². The molecule has 1 aromatic heterocycles. The molecule has 0 N–H and O–H groups in total. The van der Waals surface area contributed by atoms with Crippen LogP contribution in [0.25, 0.3) is 0 Å². The Kier molecular flexibility index (Phi) is 3.73. The van der Waals surface area contributed by atoms with Crippen molar-refractivity contribution in [2.75, 3.05) is 7.11 Å². The molecule has 0 bridgehead atoms. The van der Waals surface area contributed by atoms with Crippen molar-refractivity contribution in [3.05, 3.63) is 21.0 Å². The lowest BCUT2D eigenvalue weighted by Crippen LogP contribution is -2.02. The number of ether oxygens (including phenoxy) is 1. The van der Waals surface area contributed by atoms with Crippen LogP contribution in [-0.4, -0.2) is 18.4 Å². The number of aldehydes is 1. The highest BCUT2D eigenvalue weighted by molar-refractivity contribution is 14.1. The van der Waals surface area contributed by atoms with Crippen molar-refractivity contribution >= 4 is 28.9 Å². The maximum atomic E-state index is 12.4. The van der Waals surface area contributed by atoms with Gasteiger partial charge in [-0.3, -0.25) is 9.78 Å². The Bertz CT molecular complexity index is 357. The van der Waals surface area contributed by atoms with Gasteiger partial charge in [0, 0.05) is 0 Å². The third-order valence-electron chi connectivity index (χ3n) is 1.59. The van der Waals surface area contributed by atoms with Crippen LogP contribution in [0.3, 0.4) is 0 Å². The number of pyridine rings is 1. The second-order valence-electron chi connectivity index (χ2n) is 2.36. The molecule has 1 heterocycles. The molecule has 14 heavy (non-hydrogen) atoms. The standard InChI is InChI=1S/C8H6F2INO2/c1-14-5-2-12-7(8(9)10)6(11)4(5)3-13/h2-3,8H,1H3. The van der Waals surface area contributed by atoms with Crippen molar-refractivity contribution in [3.63, 3.8) is 0 Å². The van der Waals surface area contributed by atoms with E-state index < -0.39 is 12.1 Å². The van der Waals surface area contributed by atoms with Crippen molar-refractivity contribution in [2.45, 2.75) is 6.43 Å². The molecule has 0 aliphatic heterocycles. The van der Waals surface area contributed by atoms with Gasteiger partial charge >= 0.3 is 0 Å². The van der Waals surface area contributed by atoms with Crippen molar-refractivity contribution in [2.24, 2.45) is 0 Å². The first-order valence-electron chi connectivity index (χ1n) is 3.57. The van der Waals surface area contributed by atoms with Gasteiger partial charge in [-0.05, 0) is 22.6 Å². The van der Waals surface area contributed by atoms with Gasteiger partial charge in [-0.15, -0.1) is 0 Å². The number of nitrogens with zero attached hydrogens (tertiary/aromatic N) is 1. The number of alkyl halides is 2. The number of rotatable bonds is 3. The molecular formula is C8H6F2INO2. The summed E-state index contributed by atoms with van der Waals surface area (Å²) in [5.41, 5.74) is -0.285. The Hall–Kier alpha value is -0.790. The van der Waals surface area contributed by atoms with Crippen LogP contribution in [0.15, 0.2) is 6.20 Å². The Morgan fingerprint density at radius 3 is 2.71 bits per heavy atom. The van der Waals surface area contributed by atoms with Crippen molar-refractivity contribution < 1.29 is 18.3 Å². The molecule has 0 spiro atoms. The van der Waals surface area contributed by atoms with Crippen LogP contribution in [0.4, 0.5) is 8.78 Å². The third kappa shape index (κ3) is 1.99. The van der Waals surface area contributed by atoms with Crippen LogP contribution in [0, 0.1) is 3.57 Å². The number of carbonyl (C=O) groups is 1. The molecule has 3 nitrogen and oxygen atoms in total. The van der Waals surface area contributed by atoms with E-state index in [4.69, 9.17) is 4.74 Å². The zero-order valence-corrected chi connectivity index (χ0v) is 9.29. The number of halogens is 3. The van der Waals surface area contributed by atoms with Gasteiger partial charge in [-0.2, -0.15) is 0 Å². The predicted molar refractivity (Wildman–Crippen MR) is 53.9 cm³/mol. The third-order valence-corrected chi connectivity index (χ3v) is 2.73. The molecule has 0 saturated carbocycles. The molecule has 0 unspecified atom stereocenters. The van der Waals surface area contributed by atoms with Gasteiger partial charge in [0.1, 0.15) is 11.4 Å². The second kappa shape index (κ2) is 4.63.